The third-order valence-corrected chi connectivity index (χ3v) is 10.5. The van der Waals surface area contributed by atoms with E-state index in [1.165, 1.54) is 17.1 Å². The fourth-order valence-electron chi connectivity index (χ4n) is 7.92. The van der Waals surface area contributed by atoms with Crippen molar-refractivity contribution in [3.05, 3.63) is 213 Å². The largest absolute Gasteiger partial charge is 0.355 e. The van der Waals surface area contributed by atoms with Crippen LogP contribution in [0, 0.1) is 5.41 Å². The van der Waals surface area contributed by atoms with Gasteiger partial charge in [-0.25, -0.2) is 0 Å². The van der Waals surface area contributed by atoms with Gasteiger partial charge in [-0.05, 0) is 127 Å². The lowest BCUT2D eigenvalue weighted by Crippen LogP contribution is -2.09. The van der Waals surface area contributed by atoms with Crippen LogP contribution in [0.1, 0.15) is 40.2 Å². The Morgan fingerprint density at radius 1 is 0.623 bits per heavy atom. The number of hydrogen-bond acceptors (Lipinski definition) is 3. The molecule has 0 amide bonds. The van der Waals surface area contributed by atoms with E-state index in [0.717, 1.165) is 78.3 Å². The lowest BCUT2D eigenvalue weighted by molar-refractivity contribution is 1.13. The van der Waals surface area contributed by atoms with Crippen LogP contribution in [0.4, 0.5) is 28.4 Å². The molecule has 0 saturated heterocycles. The van der Waals surface area contributed by atoms with Gasteiger partial charge in [-0.1, -0.05) is 119 Å². The van der Waals surface area contributed by atoms with E-state index in [1.54, 1.807) is 0 Å². The summed E-state index contributed by atoms with van der Waals surface area (Å²) in [7, 11) is 0. The lowest BCUT2D eigenvalue weighted by Gasteiger charge is -2.25. The summed E-state index contributed by atoms with van der Waals surface area (Å²) in [6, 6.07) is 59.6. The molecule has 9 rings (SSSR count). The Hall–Kier alpha value is -7.63. The highest BCUT2D eigenvalue weighted by Gasteiger charge is 2.19. The molecule has 302 valence electrons. The predicted molar refractivity (Wildman–Crippen MR) is 266 cm³/mol. The molecule has 0 aliphatic heterocycles. The van der Waals surface area contributed by atoms with Gasteiger partial charge < -0.3 is 24.8 Å². The second kappa shape index (κ2) is 19.4. The summed E-state index contributed by atoms with van der Waals surface area (Å²) in [5.74, 6) is 0. The first-order valence-corrected chi connectivity index (χ1v) is 21.2. The first kappa shape index (κ1) is 41.5. The highest BCUT2D eigenvalue weighted by Crippen LogP contribution is 2.40. The summed E-state index contributed by atoms with van der Waals surface area (Å²) in [5, 5.41) is 15.8. The average Bonchev–Trinajstić information content (AvgIpc) is 3.90. The van der Waals surface area contributed by atoms with Crippen LogP contribution in [-0.4, -0.2) is 15.3 Å². The lowest BCUT2D eigenvalue weighted by atomic mass is 10.0. The maximum atomic E-state index is 8.80. The number of fused-ring (bicyclic) bond motifs is 4. The van der Waals surface area contributed by atoms with Gasteiger partial charge in [0.25, 0.3) is 0 Å². The number of para-hydroxylation sites is 3. The second-order valence-electron chi connectivity index (χ2n) is 13.9. The molecule has 0 aliphatic rings. The molecule has 7 aromatic carbocycles. The van der Waals surface area contributed by atoms with Crippen molar-refractivity contribution in [2.24, 2.45) is 0 Å². The number of nitrogens with one attached hydrogen (secondary N) is 2. The van der Waals surface area contributed by atoms with Gasteiger partial charge in [0.05, 0.1) is 16.6 Å². The van der Waals surface area contributed by atoms with Crippen molar-refractivity contribution < 1.29 is 0 Å². The van der Waals surface area contributed by atoms with Crippen molar-refractivity contribution in [2.75, 3.05) is 10.2 Å². The highest BCUT2D eigenvalue weighted by molar-refractivity contribution is 6.18. The molecule has 5 nitrogen and oxygen atoms in total. The molecule has 0 fully saturated rings. The summed E-state index contributed by atoms with van der Waals surface area (Å²) in [6.07, 6.45) is 11.6. The number of nitrogens with zero attached hydrogens (tertiary/aromatic N) is 3. The quantitative estimate of drug-likeness (QED) is 0.101. The number of anilines is 5. The fraction of sp³-hybridized carbons (Fsp3) is 0.0893. The van der Waals surface area contributed by atoms with Crippen LogP contribution in [-0.2, 0) is 0 Å². The summed E-state index contributed by atoms with van der Waals surface area (Å²) in [4.78, 5) is 2.25. The van der Waals surface area contributed by atoms with Crippen LogP contribution in [0.25, 0.3) is 55.2 Å². The van der Waals surface area contributed by atoms with E-state index in [2.05, 4.69) is 190 Å². The van der Waals surface area contributed by atoms with Crippen LogP contribution >= 0.6 is 0 Å². The number of benzene rings is 7. The molecule has 0 spiro atoms. The van der Waals surface area contributed by atoms with Crippen molar-refractivity contribution in [3.63, 3.8) is 0 Å². The normalized spacial score (nSPS) is 11.2. The Balaban J connectivity index is 0.00000136. The molecule has 0 atom stereocenters. The SMILES string of the molecule is C=C/C=C(\C=C/C)n1c2ccc(-c3ccc4c(ccn4-c4ccccc4)c3)cc2c2ccc(Nc3ccc(N(c4ccccc4)c4ccccc4)cc3)c(C=N)c21.CC.CC. The van der Waals surface area contributed by atoms with Gasteiger partial charge in [-0.2, -0.15) is 0 Å². The minimum atomic E-state index is 0.799. The first-order valence-electron chi connectivity index (χ1n) is 21.2. The Labute approximate surface area is 360 Å². The van der Waals surface area contributed by atoms with Crippen molar-refractivity contribution in [2.45, 2.75) is 34.6 Å². The van der Waals surface area contributed by atoms with Crippen LogP contribution in [0.2, 0.25) is 0 Å². The van der Waals surface area contributed by atoms with Gasteiger partial charge in [0.2, 0.25) is 0 Å². The Kier molecular flexibility index (Phi) is 13.2. The Morgan fingerprint density at radius 3 is 1.82 bits per heavy atom. The van der Waals surface area contributed by atoms with Gasteiger partial charge in [0.1, 0.15) is 0 Å². The van der Waals surface area contributed by atoms with E-state index in [0.29, 0.717) is 0 Å². The van der Waals surface area contributed by atoms with Gasteiger partial charge in [0.15, 0.2) is 0 Å². The van der Waals surface area contributed by atoms with Crippen LogP contribution in [0.3, 0.4) is 0 Å². The van der Waals surface area contributed by atoms with Crippen molar-refractivity contribution in [3.8, 4) is 16.8 Å². The van der Waals surface area contributed by atoms with Crippen molar-refractivity contribution >= 4 is 73.1 Å². The van der Waals surface area contributed by atoms with Crippen LogP contribution in [0.5, 0.6) is 0 Å². The topological polar surface area (TPSA) is 49.0 Å². The van der Waals surface area contributed by atoms with Gasteiger partial charge in [0, 0.05) is 74.0 Å². The summed E-state index contributed by atoms with van der Waals surface area (Å²) in [5.41, 5.74) is 13.4. The smallest absolute Gasteiger partial charge is 0.0649 e. The predicted octanol–water partition coefficient (Wildman–Crippen LogP) is 16.3. The number of allylic oxidation sites excluding steroid dienone is 5. The van der Waals surface area contributed by atoms with E-state index in [1.807, 2.05) is 71.0 Å². The second-order valence-corrected chi connectivity index (χ2v) is 13.9. The van der Waals surface area contributed by atoms with Crippen LogP contribution in [0.15, 0.2) is 207 Å². The molecule has 0 bridgehead atoms. The van der Waals surface area contributed by atoms with E-state index in [-0.39, 0.29) is 0 Å². The molecule has 0 radical (unpaired) electrons. The summed E-state index contributed by atoms with van der Waals surface area (Å²) >= 11 is 0. The molecule has 9 aromatic rings. The zero-order valence-electron chi connectivity index (χ0n) is 35.7. The van der Waals surface area contributed by atoms with Gasteiger partial charge >= 0.3 is 0 Å². The van der Waals surface area contributed by atoms with Crippen LogP contribution < -0.4 is 10.2 Å². The molecule has 5 heteroatoms. The molecule has 2 heterocycles. The summed E-state index contributed by atoms with van der Waals surface area (Å²) < 4.78 is 4.49. The monoisotopic (exact) mass is 795 g/mol. The van der Waals surface area contributed by atoms with Crippen molar-refractivity contribution in [1.82, 2.24) is 9.13 Å². The maximum Gasteiger partial charge on any atom is 0.0649 e. The number of aromatic nitrogens is 2. The highest BCUT2D eigenvalue weighted by atomic mass is 15.1. The zero-order chi connectivity index (χ0) is 42.7. The van der Waals surface area contributed by atoms with E-state index < -0.39 is 0 Å². The third kappa shape index (κ3) is 8.32. The molecular formula is C56H53N5. The molecule has 2 N–H and O–H groups in total. The minimum Gasteiger partial charge on any atom is -0.355 e. The minimum absolute atomic E-state index is 0.799. The van der Waals surface area contributed by atoms with Gasteiger partial charge in [-0.15, -0.1) is 0 Å². The molecule has 0 saturated carbocycles. The number of hydrogen-bond donors (Lipinski definition) is 2. The fourth-order valence-corrected chi connectivity index (χ4v) is 7.92. The molecular weight excluding hydrogens is 743 g/mol. The first-order chi connectivity index (χ1) is 30.1. The average molecular weight is 796 g/mol. The Morgan fingerprint density at radius 2 is 1.21 bits per heavy atom. The molecule has 2 aromatic heterocycles. The van der Waals surface area contributed by atoms with E-state index in [9.17, 15) is 0 Å². The molecule has 0 aliphatic carbocycles. The zero-order valence-corrected chi connectivity index (χ0v) is 35.7. The Bertz CT molecular complexity index is 2910. The maximum absolute atomic E-state index is 8.80. The van der Waals surface area contributed by atoms with E-state index >= 15 is 0 Å². The third-order valence-electron chi connectivity index (χ3n) is 10.5. The summed E-state index contributed by atoms with van der Waals surface area (Å²) in [6.45, 7) is 14.1. The van der Waals surface area contributed by atoms with Crippen molar-refractivity contribution in [1.29, 1.82) is 5.41 Å². The van der Waals surface area contributed by atoms with E-state index in [4.69, 9.17) is 5.41 Å². The molecule has 0 unspecified atom stereocenters. The standard InChI is InChI=1S/C52H41N5.2C2H6/c1-3-14-42(15-4-2)57-51-31-23-38(37-22-30-50-39(34-37)32-33-55(50)41-16-8-5-9-17-41)35-47(51)46-28-29-49(48(36-53)52(46)57)54-40-24-26-45(27-25-40)56(43-18-10-6-11-19-43)44-20-12-7-13-21-44;2*1-2/h3-36,53-54H,1H2,2H3;2*1-2H3/b15-4-,42-14+,53-36?;;. The number of rotatable bonds is 11. The van der Waals surface area contributed by atoms with Gasteiger partial charge in [-0.3, -0.25) is 0 Å². The molecule has 61 heavy (non-hydrogen) atoms.